The normalized spacial score (nSPS) is 12.7. The molecule has 0 rings (SSSR count). The third-order valence-corrected chi connectivity index (χ3v) is 5.61. The summed E-state index contributed by atoms with van der Waals surface area (Å²) in [5, 5.41) is 9.96. The van der Waals surface area contributed by atoms with Crippen molar-refractivity contribution in [3.63, 3.8) is 0 Å². The summed E-state index contributed by atoms with van der Waals surface area (Å²) in [5.41, 5.74) is 0. The van der Waals surface area contributed by atoms with Crippen LogP contribution in [0.2, 0.25) is 0 Å². The molecule has 0 heterocycles. The van der Waals surface area contributed by atoms with Gasteiger partial charge in [-0.05, 0) is 19.3 Å². The number of unbranched alkanes of at least 4 members (excludes halogenated alkanes) is 13. The molecule has 0 aromatic carbocycles. The second-order valence-corrected chi connectivity index (χ2v) is 8.97. The summed E-state index contributed by atoms with van der Waals surface area (Å²) in [6.07, 6.45) is 19.0. The van der Waals surface area contributed by atoms with Gasteiger partial charge >= 0.3 is 29.6 Å². The summed E-state index contributed by atoms with van der Waals surface area (Å²) in [5.74, 6) is -0.242. The topological polar surface area (TPSA) is 77.4 Å². The maximum atomic E-state index is 10.5. The van der Waals surface area contributed by atoms with Crippen LogP contribution in [0.5, 0.6) is 0 Å². The van der Waals surface area contributed by atoms with E-state index >= 15 is 0 Å². The Morgan fingerprint density at radius 3 is 1.42 bits per heavy atom. The van der Waals surface area contributed by atoms with Crippen molar-refractivity contribution in [2.75, 3.05) is 5.75 Å². The molecule has 0 amide bonds. The smallest absolute Gasteiger partial charge is 0.748 e. The molecule has 6 heteroatoms. The number of aliphatic hydroxyl groups excluding tert-OH is 1. The Balaban J connectivity index is 0. The van der Waals surface area contributed by atoms with Gasteiger partial charge in [-0.25, -0.2) is 8.42 Å². The molecule has 0 aliphatic carbocycles. The summed E-state index contributed by atoms with van der Waals surface area (Å²) in [7, 11) is -4.04. The van der Waals surface area contributed by atoms with E-state index in [0.29, 0.717) is 6.42 Å². The minimum atomic E-state index is -4.04. The number of aliphatic hydroxyl groups is 1. The Morgan fingerprint density at radius 2 is 1.04 bits per heavy atom. The maximum absolute atomic E-state index is 10.5. The summed E-state index contributed by atoms with van der Waals surface area (Å²) in [6.45, 7) is 2.25. The quantitative estimate of drug-likeness (QED) is 0.205. The molecule has 152 valence electrons. The molecule has 0 aliphatic rings. The Hall–Kier alpha value is 0.870. The van der Waals surface area contributed by atoms with E-state index in [0.717, 1.165) is 44.9 Å². The van der Waals surface area contributed by atoms with Gasteiger partial charge in [-0.1, -0.05) is 96.8 Å². The van der Waals surface area contributed by atoms with Gasteiger partial charge in [-0.2, -0.15) is 0 Å². The fourth-order valence-electron chi connectivity index (χ4n) is 3.20. The van der Waals surface area contributed by atoms with Crippen LogP contribution in [0.4, 0.5) is 0 Å². The van der Waals surface area contributed by atoms with Crippen molar-refractivity contribution in [2.45, 2.75) is 122 Å². The molecule has 4 nitrogen and oxygen atoms in total. The third kappa shape index (κ3) is 24.9. The molecule has 0 saturated heterocycles. The molecule has 26 heavy (non-hydrogen) atoms. The molecule has 0 aliphatic heterocycles. The van der Waals surface area contributed by atoms with E-state index in [1.807, 2.05) is 0 Å². The van der Waals surface area contributed by atoms with Crippen LogP contribution in [0.3, 0.4) is 0 Å². The van der Waals surface area contributed by atoms with Crippen LogP contribution in [0, 0.1) is 0 Å². The predicted octanol–water partition coefficient (Wildman–Crippen LogP) is 2.55. The number of rotatable bonds is 19. The molecule has 0 radical (unpaired) electrons. The van der Waals surface area contributed by atoms with Crippen molar-refractivity contribution < 1.29 is 47.6 Å². The van der Waals surface area contributed by atoms with Crippen LogP contribution in [0.25, 0.3) is 0 Å². The summed E-state index contributed by atoms with van der Waals surface area (Å²) >= 11 is 0. The Morgan fingerprint density at radius 1 is 0.692 bits per heavy atom. The summed E-state index contributed by atoms with van der Waals surface area (Å²) in [6, 6.07) is 0. The second kappa shape index (κ2) is 20.6. The first-order chi connectivity index (χ1) is 12.0. The molecular formula is C20H41NaO4S. The van der Waals surface area contributed by atoms with Gasteiger partial charge in [0.25, 0.3) is 0 Å². The third-order valence-electron chi connectivity index (χ3n) is 4.82. The fourth-order valence-corrected chi connectivity index (χ4v) is 3.76. The van der Waals surface area contributed by atoms with E-state index in [2.05, 4.69) is 6.92 Å². The molecule has 0 spiro atoms. The molecule has 1 atom stereocenters. The average molecular weight is 401 g/mol. The zero-order valence-corrected chi connectivity index (χ0v) is 20.2. The van der Waals surface area contributed by atoms with Crippen LogP contribution in [0.15, 0.2) is 0 Å². The van der Waals surface area contributed by atoms with E-state index in [4.69, 9.17) is 0 Å². The zero-order chi connectivity index (χ0) is 18.8. The van der Waals surface area contributed by atoms with Gasteiger partial charge in [0.05, 0.1) is 16.2 Å². The van der Waals surface area contributed by atoms with Gasteiger partial charge in [-0.3, -0.25) is 0 Å². The standard InChI is InChI=1S/C20H42O4S.Na/c1-2-3-4-5-6-7-8-9-11-14-17-20(21)18-15-12-10-13-16-19-25(22,23)24;/h20-21H,2-19H2,1H3,(H,22,23,24);/q;+1/p-1. The second-order valence-electron chi connectivity index (χ2n) is 7.44. The zero-order valence-electron chi connectivity index (χ0n) is 17.4. The first-order valence-corrected chi connectivity index (χ1v) is 12.1. The first-order valence-electron chi connectivity index (χ1n) is 10.6. The van der Waals surface area contributed by atoms with Crippen molar-refractivity contribution in [1.29, 1.82) is 0 Å². The van der Waals surface area contributed by atoms with Gasteiger partial charge in [0.1, 0.15) is 0 Å². The van der Waals surface area contributed by atoms with Crippen molar-refractivity contribution in [1.82, 2.24) is 0 Å². The van der Waals surface area contributed by atoms with Gasteiger partial charge in [0, 0.05) is 5.75 Å². The van der Waals surface area contributed by atoms with Crippen molar-refractivity contribution >= 4 is 10.1 Å². The van der Waals surface area contributed by atoms with Crippen molar-refractivity contribution in [3.8, 4) is 0 Å². The molecule has 1 N–H and O–H groups in total. The van der Waals surface area contributed by atoms with E-state index in [1.54, 1.807) is 0 Å². The largest absolute Gasteiger partial charge is 1.00 e. The minimum absolute atomic E-state index is 0. The van der Waals surface area contributed by atoms with Crippen LogP contribution in [-0.2, 0) is 10.1 Å². The Kier molecular flexibility index (Phi) is 23.0. The van der Waals surface area contributed by atoms with E-state index in [1.165, 1.54) is 57.8 Å². The van der Waals surface area contributed by atoms with Crippen LogP contribution < -0.4 is 29.6 Å². The van der Waals surface area contributed by atoms with Gasteiger partial charge in [0.15, 0.2) is 0 Å². The van der Waals surface area contributed by atoms with Crippen molar-refractivity contribution in [3.05, 3.63) is 0 Å². The van der Waals surface area contributed by atoms with Crippen LogP contribution in [0.1, 0.15) is 116 Å². The maximum Gasteiger partial charge on any atom is 1.00 e. The van der Waals surface area contributed by atoms with Crippen molar-refractivity contribution in [2.24, 2.45) is 0 Å². The van der Waals surface area contributed by atoms with Gasteiger partial charge in [-0.15, -0.1) is 0 Å². The first kappa shape index (κ1) is 29.1. The molecule has 1 unspecified atom stereocenters. The van der Waals surface area contributed by atoms with E-state index < -0.39 is 10.1 Å². The van der Waals surface area contributed by atoms with Gasteiger partial charge < -0.3 is 9.66 Å². The molecule has 0 aromatic heterocycles. The van der Waals surface area contributed by atoms with Crippen LogP contribution >= 0.6 is 0 Å². The molecule has 0 saturated carbocycles. The molecule has 0 bridgehead atoms. The number of hydrogen-bond acceptors (Lipinski definition) is 4. The van der Waals surface area contributed by atoms with E-state index in [9.17, 15) is 18.1 Å². The fraction of sp³-hybridized carbons (Fsp3) is 1.00. The average Bonchev–Trinajstić information content (AvgIpc) is 2.54. The summed E-state index contributed by atoms with van der Waals surface area (Å²) in [4.78, 5) is 0. The molecule has 0 fully saturated rings. The van der Waals surface area contributed by atoms with Gasteiger partial charge in [0.2, 0.25) is 0 Å². The Labute approximate surface area is 185 Å². The molecular weight excluding hydrogens is 359 g/mol. The monoisotopic (exact) mass is 400 g/mol. The summed E-state index contributed by atoms with van der Waals surface area (Å²) < 4.78 is 31.4. The number of hydrogen-bond donors (Lipinski definition) is 1. The van der Waals surface area contributed by atoms with Crippen LogP contribution in [-0.4, -0.2) is 29.9 Å². The molecule has 0 aromatic rings. The minimum Gasteiger partial charge on any atom is -0.748 e. The SMILES string of the molecule is CCCCCCCCCCCCC(O)CCCCCCCS(=O)(=O)[O-].[Na+]. The Bertz CT molecular complexity index is 374. The predicted molar refractivity (Wildman–Crippen MR) is 105 cm³/mol. The van der Waals surface area contributed by atoms with E-state index in [-0.39, 0.29) is 41.4 Å².